The van der Waals surface area contributed by atoms with Crippen molar-refractivity contribution in [3.05, 3.63) is 18.0 Å². The molecular weight excluding hydrogens is 216 g/mol. The highest BCUT2D eigenvalue weighted by Crippen LogP contribution is 2.11. The summed E-state index contributed by atoms with van der Waals surface area (Å²) >= 11 is 0. The van der Waals surface area contributed by atoms with E-state index >= 15 is 0 Å². The van der Waals surface area contributed by atoms with E-state index in [0.29, 0.717) is 6.04 Å². The predicted octanol–water partition coefficient (Wildman–Crippen LogP) is 0.745. The van der Waals surface area contributed by atoms with Crippen molar-refractivity contribution in [2.75, 3.05) is 32.1 Å². The van der Waals surface area contributed by atoms with Crippen LogP contribution in [0.2, 0.25) is 0 Å². The third kappa shape index (κ3) is 3.94. The molecule has 1 unspecified atom stereocenters. The molecule has 96 valence electrons. The molecule has 1 aromatic heterocycles. The highest BCUT2D eigenvalue weighted by Gasteiger charge is 2.15. The standard InChI is InChI=1S/C12H22N4O/c1-5-16(10(2)8-15(3)4)12-13-6-11(9-17)7-14-12/h6-7,10,17H,5,8-9H2,1-4H3. The van der Waals surface area contributed by atoms with Crippen LogP contribution in [0.1, 0.15) is 19.4 Å². The summed E-state index contributed by atoms with van der Waals surface area (Å²) in [6.45, 7) is 6.06. The van der Waals surface area contributed by atoms with Crippen molar-refractivity contribution < 1.29 is 5.11 Å². The average molecular weight is 238 g/mol. The molecule has 0 amide bonds. The Morgan fingerprint density at radius 2 is 1.88 bits per heavy atom. The number of anilines is 1. The van der Waals surface area contributed by atoms with Gasteiger partial charge in [-0.25, -0.2) is 9.97 Å². The Morgan fingerprint density at radius 1 is 1.29 bits per heavy atom. The lowest BCUT2D eigenvalue weighted by Crippen LogP contribution is -2.41. The van der Waals surface area contributed by atoms with E-state index in [9.17, 15) is 0 Å². The quantitative estimate of drug-likeness (QED) is 0.792. The zero-order chi connectivity index (χ0) is 12.8. The number of hydrogen-bond donors (Lipinski definition) is 1. The number of hydrogen-bond acceptors (Lipinski definition) is 5. The highest BCUT2D eigenvalue weighted by atomic mass is 16.3. The Kier molecular flexibility index (Phi) is 5.31. The first-order chi connectivity index (χ1) is 8.08. The SMILES string of the molecule is CCN(c1ncc(CO)cn1)C(C)CN(C)C. The lowest BCUT2D eigenvalue weighted by Gasteiger charge is -2.30. The summed E-state index contributed by atoms with van der Waals surface area (Å²) in [4.78, 5) is 12.9. The van der Waals surface area contributed by atoms with E-state index < -0.39 is 0 Å². The second kappa shape index (κ2) is 6.51. The number of aromatic nitrogens is 2. The molecule has 0 saturated heterocycles. The maximum absolute atomic E-state index is 8.95. The summed E-state index contributed by atoms with van der Waals surface area (Å²) < 4.78 is 0. The largest absolute Gasteiger partial charge is 0.392 e. The maximum atomic E-state index is 8.95. The first-order valence-electron chi connectivity index (χ1n) is 5.91. The molecule has 0 aliphatic heterocycles. The van der Waals surface area contributed by atoms with Gasteiger partial charge in [0.15, 0.2) is 0 Å². The van der Waals surface area contributed by atoms with E-state index in [1.165, 1.54) is 0 Å². The average Bonchev–Trinajstić information content (AvgIpc) is 2.30. The molecule has 5 heteroatoms. The molecule has 1 aromatic rings. The molecule has 17 heavy (non-hydrogen) atoms. The summed E-state index contributed by atoms with van der Waals surface area (Å²) in [6.07, 6.45) is 3.35. The zero-order valence-corrected chi connectivity index (χ0v) is 11.1. The van der Waals surface area contributed by atoms with Crippen LogP contribution >= 0.6 is 0 Å². The van der Waals surface area contributed by atoms with E-state index in [-0.39, 0.29) is 6.61 Å². The molecule has 0 fully saturated rings. The van der Waals surface area contributed by atoms with Crippen molar-refractivity contribution in [1.82, 2.24) is 14.9 Å². The van der Waals surface area contributed by atoms with Gasteiger partial charge in [0.2, 0.25) is 5.95 Å². The van der Waals surface area contributed by atoms with E-state index in [1.54, 1.807) is 12.4 Å². The monoisotopic (exact) mass is 238 g/mol. The maximum Gasteiger partial charge on any atom is 0.225 e. The van der Waals surface area contributed by atoms with Crippen LogP contribution in [0.5, 0.6) is 0 Å². The van der Waals surface area contributed by atoms with Crippen molar-refractivity contribution in [2.24, 2.45) is 0 Å². The van der Waals surface area contributed by atoms with Crippen molar-refractivity contribution >= 4 is 5.95 Å². The Labute approximate surface area is 103 Å². The topological polar surface area (TPSA) is 52.5 Å². The Hall–Kier alpha value is -1.20. The molecule has 0 spiro atoms. The van der Waals surface area contributed by atoms with E-state index in [1.807, 2.05) is 0 Å². The molecule has 0 saturated carbocycles. The molecule has 0 aromatic carbocycles. The molecule has 0 radical (unpaired) electrons. The summed E-state index contributed by atoms with van der Waals surface area (Å²) in [6, 6.07) is 0.356. The molecule has 1 atom stereocenters. The van der Waals surface area contributed by atoms with Crippen LogP contribution in [-0.2, 0) is 6.61 Å². The van der Waals surface area contributed by atoms with Crippen LogP contribution in [0, 0.1) is 0 Å². The van der Waals surface area contributed by atoms with Gasteiger partial charge in [0.1, 0.15) is 0 Å². The van der Waals surface area contributed by atoms with Gasteiger partial charge in [-0.1, -0.05) is 0 Å². The third-order valence-corrected chi connectivity index (χ3v) is 2.63. The van der Waals surface area contributed by atoms with Gasteiger partial charge < -0.3 is 14.9 Å². The van der Waals surface area contributed by atoms with Crippen LogP contribution in [-0.4, -0.2) is 53.2 Å². The van der Waals surface area contributed by atoms with E-state index in [4.69, 9.17) is 5.11 Å². The Balaban J connectivity index is 2.77. The van der Waals surface area contributed by atoms with Crippen molar-refractivity contribution in [3.8, 4) is 0 Å². The molecular formula is C12H22N4O. The van der Waals surface area contributed by atoms with Gasteiger partial charge in [-0.05, 0) is 27.9 Å². The third-order valence-electron chi connectivity index (χ3n) is 2.63. The summed E-state index contributed by atoms with van der Waals surface area (Å²) in [5, 5.41) is 8.95. The fourth-order valence-electron chi connectivity index (χ4n) is 1.86. The van der Waals surface area contributed by atoms with Crippen LogP contribution in [0.4, 0.5) is 5.95 Å². The van der Waals surface area contributed by atoms with E-state index in [2.05, 4.69) is 47.7 Å². The van der Waals surface area contributed by atoms with Gasteiger partial charge in [-0.15, -0.1) is 0 Å². The highest BCUT2D eigenvalue weighted by molar-refractivity contribution is 5.31. The van der Waals surface area contributed by atoms with E-state index in [0.717, 1.165) is 24.6 Å². The lowest BCUT2D eigenvalue weighted by molar-refractivity contribution is 0.281. The smallest absolute Gasteiger partial charge is 0.225 e. The minimum atomic E-state index is -0.0142. The van der Waals surface area contributed by atoms with Crippen molar-refractivity contribution in [1.29, 1.82) is 0 Å². The molecule has 0 aliphatic rings. The van der Waals surface area contributed by atoms with Gasteiger partial charge in [-0.3, -0.25) is 0 Å². The van der Waals surface area contributed by atoms with Crippen molar-refractivity contribution in [3.63, 3.8) is 0 Å². The number of nitrogens with zero attached hydrogens (tertiary/aromatic N) is 4. The Bertz CT molecular complexity index is 326. The lowest BCUT2D eigenvalue weighted by atomic mass is 10.2. The number of aliphatic hydroxyl groups is 1. The second-order valence-electron chi connectivity index (χ2n) is 4.45. The second-order valence-corrected chi connectivity index (χ2v) is 4.45. The van der Waals surface area contributed by atoms with Crippen LogP contribution in [0.3, 0.4) is 0 Å². The fourth-order valence-corrected chi connectivity index (χ4v) is 1.86. The van der Waals surface area contributed by atoms with Gasteiger partial charge >= 0.3 is 0 Å². The predicted molar refractivity (Wildman–Crippen MR) is 69.0 cm³/mol. The molecule has 1 heterocycles. The van der Waals surface area contributed by atoms with Gasteiger partial charge in [0.25, 0.3) is 0 Å². The fraction of sp³-hybridized carbons (Fsp3) is 0.667. The molecule has 0 aliphatic carbocycles. The van der Waals surface area contributed by atoms with Crippen molar-refractivity contribution in [2.45, 2.75) is 26.5 Å². The van der Waals surface area contributed by atoms with Gasteiger partial charge in [0.05, 0.1) is 6.61 Å². The summed E-state index contributed by atoms with van der Waals surface area (Å²) in [7, 11) is 4.11. The summed E-state index contributed by atoms with van der Waals surface area (Å²) in [5.41, 5.74) is 0.741. The molecule has 5 nitrogen and oxygen atoms in total. The molecule has 1 N–H and O–H groups in total. The van der Waals surface area contributed by atoms with Crippen LogP contribution in [0.15, 0.2) is 12.4 Å². The number of likely N-dealkylation sites (N-methyl/N-ethyl adjacent to an activating group) is 2. The first kappa shape index (κ1) is 13.9. The zero-order valence-electron chi connectivity index (χ0n) is 11.1. The van der Waals surface area contributed by atoms with Gasteiger partial charge in [-0.2, -0.15) is 0 Å². The minimum Gasteiger partial charge on any atom is -0.392 e. The van der Waals surface area contributed by atoms with Gasteiger partial charge in [0, 0.05) is 37.1 Å². The first-order valence-corrected chi connectivity index (χ1v) is 5.91. The number of aliphatic hydroxyl groups excluding tert-OH is 1. The normalized spacial score (nSPS) is 12.8. The summed E-state index contributed by atoms with van der Waals surface area (Å²) in [5.74, 6) is 0.721. The molecule has 0 bridgehead atoms. The molecule has 1 rings (SSSR count). The van der Waals surface area contributed by atoms with Crippen LogP contribution < -0.4 is 4.90 Å². The minimum absolute atomic E-state index is 0.0142. The van der Waals surface area contributed by atoms with Crippen LogP contribution in [0.25, 0.3) is 0 Å². The Morgan fingerprint density at radius 3 is 2.29 bits per heavy atom. The number of rotatable bonds is 6.